The number of ether oxygens (including phenoxy) is 2. The summed E-state index contributed by atoms with van der Waals surface area (Å²) >= 11 is 0. The smallest absolute Gasteiger partial charge is 0.129 e. The van der Waals surface area contributed by atoms with Gasteiger partial charge in [0.15, 0.2) is 0 Å². The maximum Gasteiger partial charge on any atom is 0.129 e. The van der Waals surface area contributed by atoms with E-state index < -0.39 is 15.8 Å². The van der Waals surface area contributed by atoms with Crippen LogP contribution in [0.3, 0.4) is 0 Å². The lowest BCUT2D eigenvalue weighted by Gasteiger charge is -2.31. The molecule has 8 aromatic carbocycles. The highest BCUT2D eigenvalue weighted by Gasteiger charge is 2.33. The fourth-order valence-electron chi connectivity index (χ4n) is 7.38. The Hall–Kier alpha value is -5.26. The molecule has 0 unspecified atom stereocenters. The second-order valence-corrected chi connectivity index (χ2v) is 18.3. The molecule has 2 nitrogen and oxygen atoms in total. The summed E-state index contributed by atoms with van der Waals surface area (Å²) in [5, 5.41) is 12.2. The zero-order valence-corrected chi connectivity index (χ0v) is 33.0. The van der Waals surface area contributed by atoms with Crippen molar-refractivity contribution in [2.75, 3.05) is 0 Å². The molecule has 0 aliphatic carbocycles. The van der Waals surface area contributed by atoms with Crippen LogP contribution >= 0.6 is 15.8 Å². The van der Waals surface area contributed by atoms with Crippen LogP contribution in [-0.2, 0) is 0 Å². The third-order valence-corrected chi connectivity index (χ3v) is 14.5. The zero-order chi connectivity index (χ0) is 37.0. The molecule has 0 saturated carbocycles. The van der Waals surface area contributed by atoms with E-state index in [-0.39, 0.29) is 12.2 Å². The van der Waals surface area contributed by atoms with Crippen LogP contribution in [0.15, 0.2) is 182 Å². The van der Waals surface area contributed by atoms with E-state index in [0.717, 1.165) is 22.3 Å². The average molecular weight is 739 g/mol. The minimum atomic E-state index is -1.10. The summed E-state index contributed by atoms with van der Waals surface area (Å²) in [4.78, 5) is 0. The standard InChI is InChI=1S/C50H44O2P2/c1-35(2)51-45-33-37-21-17-19-31-43(37)47(49(45)53(39-23-9-5-10-24-39)40-25-11-6-12-26-40)48-44-32-20-18-22-38(44)34-46(52-36(3)4)50(48)54(41-27-13-7-14-28-41)42-29-15-8-16-30-42/h5-36H,1-4H3. The lowest BCUT2D eigenvalue weighted by Crippen LogP contribution is -2.29. The van der Waals surface area contributed by atoms with Crippen molar-refractivity contribution in [3.63, 3.8) is 0 Å². The molecular weight excluding hydrogens is 694 g/mol. The molecule has 0 aliphatic heterocycles. The molecule has 0 aliphatic rings. The summed E-state index contributed by atoms with van der Waals surface area (Å²) in [5.74, 6) is 1.85. The molecule has 0 aromatic heterocycles. The molecule has 0 saturated heterocycles. The van der Waals surface area contributed by atoms with Crippen molar-refractivity contribution in [1.82, 2.24) is 0 Å². The van der Waals surface area contributed by atoms with Crippen molar-refractivity contribution >= 4 is 69.2 Å². The fraction of sp³-hybridized carbons (Fsp3) is 0.120. The zero-order valence-electron chi connectivity index (χ0n) is 31.2. The van der Waals surface area contributed by atoms with Crippen molar-refractivity contribution in [2.24, 2.45) is 0 Å². The molecule has 0 heterocycles. The Labute approximate surface area is 321 Å². The molecule has 54 heavy (non-hydrogen) atoms. The van der Waals surface area contributed by atoms with Gasteiger partial charge in [0.25, 0.3) is 0 Å². The SMILES string of the molecule is CC(C)Oc1cc2ccccc2c(-c2c(P(c3ccccc3)c3ccccc3)c(OC(C)C)cc3ccccc23)c1P(c1ccccc1)c1ccccc1. The van der Waals surface area contributed by atoms with Crippen LogP contribution in [0.1, 0.15) is 27.7 Å². The van der Waals surface area contributed by atoms with Gasteiger partial charge in [-0.3, -0.25) is 0 Å². The highest BCUT2D eigenvalue weighted by Crippen LogP contribution is 2.50. The molecule has 8 rings (SSSR count). The highest BCUT2D eigenvalue weighted by atomic mass is 31.1. The highest BCUT2D eigenvalue weighted by molar-refractivity contribution is 7.81. The normalized spacial score (nSPS) is 11.6. The molecule has 4 heteroatoms. The second kappa shape index (κ2) is 16.0. The maximum atomic E-state index is 7.01. The minimum Gasteiger partial charge on any atom is -0.490 e. The topological polar surface area (TPSA) is 18.5 Å². The number of benzene rings is 8. The van der Waals surface area contributed by atoms with Gasteiger partial charge in [-0.15, -0.1) is 0 Å². The van der Waals surface area contributed by atoms with E-state index in [0.29, 0.717) is 0 Å². The fourth-order valence-corrected chi connectivity index (χ4v) is 12.5. The van der Waals surface area contributed by atoms with Crippen molar-refractivity contribution in [3.05, 3.63) is 182 Å². The van der Waals surface area contributed by atoms with E-state index >= 15 is 0 Å². The number of hydrogen-bond donors (Lipinski definition) is 0. The average Bonchev–Trinajstić information content (AvgIpc) is 3.20. The summed E-state index contributed by atoms with van der Waals surface area (Å²) in [6.45, 7) is 8.53. The lowest BCUT2D eigenvalue weighted by molar-refractivity contribution is 0.244. The Morgan fingerprint density at radius 3 is 0.926 bits per heavy atom. The van der Waals surface area contributed by atoms with Gasteiger partial charge in [0, 0.05) is 21.7 Å². The van der Waals surface area contributed by atoms with Crippen LogP contribution in [-0.4, -0.2) is 12.2 Å². The molecule has 0 bridgehead atoms. The van der Waals surface area contributed by atoms with Gasteiger partial charge in [-0.25, -0.2) is 0 Å². The van der Waals surface area contributed by atoms with E-state index in [1.165, 1.54) is 53.7 Å². The van der Waals surface area contributed by atoms with Crippen LogP contribution in [0.2, 0.25) is 0 Å². The lowest BCUT2D eigenvalue weighted by atomic mass is 9.92. The summed E-state index contributed by atoms with van der Waals surface area (Å²) in [7, 11) is -2.19. The first-order chi connectivity index (χ1) is 26.5. The van der Waals surface area contributed by atoms with Gasteiger partial charge in [-0.1, -0.05) is 170 Å². The molecule has 8 aromatic rings. The Bertz CT molecular complexity index is 2240. The van der Waals surface area contributed by atoms with Gasteiger partial charge in [0.1, 0.15) is 11.5 Å². The number of hydrogen-bond acceptors (Lipinski definition) is 2. The first-order valence-electron chi connectivity index (χ1n) is 18.7. The van der Waals surface area contributed by atoms with E-state index in [4.69, 9.17) is 9.47 Å². The van der Waals surface area contributed by atoms with Gasteiger partial charge in [0.05, 0.1) is 12.2 Å². The van der Waals surface area contributed by atoms with Gasteiger partial charge in [-0.05, 0) is 98.4 Å². The van der Waals surface area contributed by atoms with E-state index in [1.807, 2.05) is 0 Å². The van der Waals surface area contributed by atoms with E-state index in [2.05, 4.69) is 210 Å². The molecule has 0 radical (unpaired) electrons. The van der Waals surface area contributed by atoms with Crippen molar-refractivity contribution in [3.8, 4) is 22.6 Å². The van der Waals surface area contributed by atoms with Crippen molar-refractivity contribution in [2.45, 2.75) is 39.9 Å². The van der Waals surface area contributed by atoms with Gasteiger partial charge >= 0.3 is 0 Å². The summed E-state index contributed by atoms with van der Waals surface area (Å²) in [6, 6.07) is 66.3. The van der Waals surface area contributed by atoms with Gasteiger partial charge in [0.2, 0.25) is 0 Å². The summed E-state index contributed by atoms with van der Waals surface area (Å²) in [5.41, 5.74) is 2.42. The van der Waals surface area contributed by atoms with Crippen LogP contribution in [0.25, 0.3) is 32.7 Å². The van der Waals surface area contributed by atoms with Crippen LogP contribution < -0.4 is 41.3 Å². The van der Waals surface area contributed by atoms with Crippen LogP contribution in [0.4, 0.5) is 0 Å². The molecule has 0 amide bonds. The minimum absolute atomic E-state index is 0.0289. The number of fused-ring (bicyclic) bond motifs is 2. The van der Waals surface area contributed by atoms with Crippen LogP contribution in [0, 0.1) is 0 Å². The van der Waals surface area contributed by atoms with Crippen molar-refractivity contribution < 1.29 is 9.47 Å². The second-order valence-electron chi connectivity index (χ2n) is 14.0. The van der Waals surface area contributed by atoms with Crippen LogP contribution in [0.5, 0.6) is 11.5 Å². The Balaban J connectivity index is 1.63. The maximum absolute atomic E-state index is 7.01. The Morgan fingerprint density at radius 2 is 0.630 bits per heavy atom. The predicted molar refractivity (Wildman–Crippen MR) is 236 cm³/mol. The third kappa shape index (κ3) is 7.18. The molecular formula is C50H44O2P2. The summed E-state index contributed by atoms with van der Waals surface area (Å²) in [6.07, 6.45) is -0.0579. The third-order valence-electron chi connectivity index (χ3n) is 9.45. The van der Waals surface area contributed by atoms with E-state index in [9.17, 15) is 0 Å². The molecule has 266 valence electrons. The molecule has 0 fully saturated rings. The first-order valence-corrected chi connectivity index (χ1v) is 21.4. The van der Waals surface area contributed by atoms with E-state index in [1.54, 1.807) is 0 Å². The number of rotatable bonds is 11. The van der Waals surface area contributed by atoms with Gasteiger partial charge in [-0.2, -0.15) is 0 Å². The quantitative estimate of drug-likeness (QED) is 0.123. The summed E-state index contributed by atoms with van der Waals surface area (Å²) < 4.78 is 14.0. The largest absolute Gasteiger partial charge is 0.490 e. The first kappa shape index (κ1) is 35.8. The predicted octanol–water partition coefficient (Wildman–Crippen LogP) is 10.8. The monoisotopic (exact) mass is 738 g/mol. The molecule has 0 N–H and O–H groups in total. The van der Waals surface area contributed by atoms with Crippen molar-refractivity contribution in [1.29, 1.82) is 0 Å². The van der Waals surface area contributed by atoms with Gasteiger partial charge < -0.3 is 9.47 Å². The Morgan fingerprint density at radius 1 is 0.352 bits per heavy atom. The molecule has 0 spiro atoms. The Kier molecular flexibility index (Phi) is 10.6. The molecule has 0 atom stereocenters.